The highest BCUT2D eigenvalue weighted by Crippen LogP contribution is 2.16. The summed E-state index contributed by atoms with van der Waals surface area (Å²) < 4.78 is 4.88. The first kappa shape index (κ1) is 14.9. The smallest absolute Gasteiger partial charge is 0.341 e. The van der Waals surface area contributed by atoms with Crippen LogP contribution in [0.25, 0.3) is 0 Å². The highest BCUT2D eigenvalue weighted by molar-refractivity contribution is 6.06. The molecule has 2 amide bonds. The zero-order chi connectivity index (χ0) is 15.6. The number of carbonyl (C=O) groups is 3. The Bertz CT molecular complexity index is 602. The number of aryl methyl sites for hydroxylation is 1. The highest BCUT2D eigenvalue weighted by atomic mass is 16.5. The molecule has 0 aromatic carbocycles. The van der Waals surface area contributed by atoms with Crippen molar-refractivity contribution in [2.24, 2.45) is 0 Å². The summed E-state index contributed by atoms with van der Waals surface area (Å²) in [4.78, 5) is 44.0. The van der Waals surface area contributed by atoms with Crippen molar-refractivity contribution in [3.63, 3.8) is 0 Å². The summed E-state index contributed by atoms with van der Waals surface area (Å²) in [6.45, 7) is 3.62. The molecule has 0 aliphatic carbocycles. The molecule has 0 radical (unpaired) electrons. The molecular formula is C13H16N4O4. The lowest BCUT2D eigenvalue weighted by Gasteiger charge is -2.12. The van der Waals surface area contributed by atoms with Crippen LogP contribution in [-0.2, 0) is 14.3 Å². The van der Waals surface area contributed by atoms with E-state index in [1.54, 1.807) is 13.8 Å². The first-order chi connectivity index (χ1) is 9.93. The van der Waals surface area contributed by atoms with Crippen molar-refractivity contribution in [1.82, 2.24) is 14.9 Å². The van der Waals surface area contributed by atoms with E-state index in [4.69, 9.17) is 4.74 Å². The Kier molecular flexibility index (Phi) is 4.15. The second-order valence-electron chi connectivity index (χ2n) is 4.61. The van der Waals surface area contributed by atoms with Crippen molar-refractivity contribution in [3.8, 4) is 0 Å². The normalized spacial score (nSPS) is 18.0. The number of anilines is 1. The number of likely N-dealkylation sites (tertiary alicyclic amines) is 1. The van der Waals surface area contributed by atoms with Crippen LogP contribution >= 0.6 is 0 Å². The van der Waals surface area contributed by atoms with Gasteiger partial charge in [-0.25, -0.2) is 14.8 Å². The summed E-state index contributed by atoms with van der Waals surface area (Å²) in [5.74, 6) is -0.872. The lowest BCUT2D eigenvalue weighted by Crippen LogP contribution is -2.32. The van der Waals surface area contributed by atoms with Gasteiger partial charge in [-0.2, -0.15) is 0 Å². The summed E-state index contributed by atoms with van der Waals surface area (Å²) in [5.41, 5.74) is 0.712. The first-order valence-corrected chi connectivity index (χ1v) is 6.51. The summed E-state index contributed by atoms with van der Waals surface area (Å²) in [6.07, 6.45) is 1.41. The number of nitrogens with one attached hydrogen (secondary N) is 1. The second kappa shape index (κ2) is 5.86. The van der Waals surface area contributed by atoms with Crippen LogP contribution < -0.4 is 5.32 Å². The lowest BCUT2D eigenvalue weighted by atomic mass is 10.2. The molecule has 1 unspecified atom stereocenters. The standard InChI is InChI=1S/C13H16N4O4/c1-4-21-12(20)8-6-14-13(15-7(8)2)16-9-5-10(18)17(3)11(9)19/h6,9H,4-5H2,1-3H3,(H,14,15,16). The highest BCUT2D eigenvalue weighted by Gasteiger charge is 2.36. The molecular weight excluding hydrogens is 276 g/mol. The minimum atomic E-state index is -0.671. The number of esters is 1. The molecule has 1 aliphatic rings. The average Bonchev–Trinajstić information content (AvgIpc) is 2.67. The molecule has 1 aliphatic heterocycles. The molecule has 1 fully saturated rings. The number of nitrogens with zero attached hydrogens (tertiary/aromatic N) is 3. The van der Waals surface area contributed by atoms with Crippen molar-refractivity contribution in [1.29, 1.82) is 0 Å². The van der Waals surface area contributed by atoms with E-state index >= 15 is 0 Å². The second-order valence-corrected chi connectivity index (χ2v) is 4.61. The number of rotatable bonds is 4. The predicted octanol–water partition coefficient (Wildman–Crippen LogP) is 0.131. The Balaban J connectivity index is 2.12. The maximum Gasteiger partial charge on any atom is 0.341 e. The first-order valence-electron chi connectivity index (χ1n) is 6.51. The molecule has 0 saturated carbocycles. The van der Waals surface area contributed by atoms with E-state index in [2.05, 4.69) is 15.3 Å². The van der Waals surface area contributed by atoms with Gasteiger partial charge in [0.2, 0.25) is 11.9 Å². The van der Waals surface area contributed by atoms with Crippen molar-refractivity contribution < 1.29 is 19.1 Å². The molecule has 0 bridgehead atoms. The molecule has 2 rings (SSSR count). The number of likely N-dealkylation sites (N-methyl/N-ethyl adjacent to an activating group) is 1. The Morgan fingerprint density at radius 1 is 1.52 bits per heavy atom. The fourth-order valence-electron chi connectivity index (χ4n) is 1.97. The van der Waals surface area contributed by atoms with Crippen LogP contribution in [0.4, 0.5) is 5.95 Å². The van der Waals surface area contributed by atoms with Crippen LogP contribution in [0.15, 0.2) is 6.20 Å². The van der Waals surface area contributed by atoms with Crippen molar-refractivity contribution in [2.75, 3.05) is 19.0 Å². The van der Waals surface area contributed by atoms with Gasteiger partial charge in [0.05, 0.1) is 24.3 Å². The van der Waals surface area contributed by atoms with Crippen LogP contribution in [-0.4, -0.2) is 52.3 Å². The number of amides is 2. The van der Waals surface area contributed by atoms with E-state index < -0.39 is 12.0 Å². The van der Waals surface area contributed by atoms with Gasteiger partial charge >= 0.3 is 5.97 Å². The van der Waals surface area contributed by atoms with E-state index in [1.165, 1.54) is 13.2 Å². The van der Waals surface area contributed by atoms with Gasteiger partial charge in [0, 0.05) is 13.2 Å². The molecule has 21 heavy (non-hydrogen) atoms. The van der Waals surface area contributed by atoms with E-state index in [-0.39, 0.29) is 36.4 Å². The molecule has 112 valence electrons. The molecule has 1 N–H and O–H groups in total. The Labute approximate surface area is 121 Å². The van der Waals surface area contributed by atoms with Gasteiger partial charge in [-0.1, -0.05) is 0 Å². The predicted molar refractivity (Wildman–Crippen MR) is 72.5 cm³/mol. The van der Waals surface area contributed by atoms with E-state index in [0.717, 1.165) is 4.90 Å². The average molecular weight is 292 g/mol. The number of carbonyl (C=O) groups excluding carboxylic acids is 3. The third kappa shape index (κ3) is 2.99. The fraction of sp³-hybridized carbons (Fsp3) is 0.462. The van der Waals surface area contributed by atoms with Gasteiger partial charge in [-0.3, -0.25) is 14.5 Å². The molecule has 0 spiro atoms. The van der Waals surface area contributed by atoms with Crippen LogP contribution in [0.5, 0.6) is 0 Å². The van der Waals surface area contributed by atoms with Crippen molar-refractivity contribution in [3.05, 3.63) is 17.5 Å². The molecule has 1 saturated heterocycles. The number of hydrogen-bond acceptors (Lipinski definition) is 7. The largest absolute Gasteiger partial charge is 0.462 e. The number of ether oxygens (including phenoxy) is 1. The maximum atomic E-state index is 11.8. The van der Waals surface area contributed by atoms with E-state index in [9.17, 15) is 14.4 Å². The van der Waals surface area contributed by atoms with Crippen molar-refractivity contribution >= 4 is 23.7 Å². The number of aromatic nitrogens is 2. The van der Waals surface area contributed by atoms with Gasteiger partial charge in [0.15, 0.2) is 0 Å². The SMILES string of the molecule is CCOC(=O)c1cnc(NC2CC(=O)N(C)C2=O)nc1C. The van der Waals surface area contributed by atoms with Gasteiger partial charge in [0.25, 0.3) is 5.91 Å². The van der Waals surface area contributed by atoms with Crippen molar-refractivity contribution in [2.45, 2.75) is 26.3 Å². The summed E-state index contributed by atoms with van der Waals surface area (Å²) >= 11 is 0. The Morgan fingerprint density at radius 2 is 2.24 bits per heavy atom. The summed E-state index contributed by atoms with van der Waals surface area (Å²) in [7, 11) is 1.43. The third-order valence-corrected chi connectivity index (χ3v) is 3.16. The fourth-order valence-corrected chi connectivity index (χ4v) is 1.97. The summed E-state index contributed by atoms with van der Waals surface area (Å²) in [5, 5.41) is 2.80. The molecule has 1 aromatic heterocycles. The molecule has 2 heterocycles. The zero-order valence-corrected chi connectivity index (χ0v) is 12.0. The van der Waals surface area contributed by atoms with Gasteiger partial charge in [-0.15, -0.1) is 0 Å². The van der Waals surface area contributed by atoms with Crippen LogP contribution in [0.3, 0.4) is 0 Å². The lowest BCUT2D eigenvalue weighted by molar-refractivity contribution is -0.136. The summed E-state index contributed by atoms with van der Waals surface area (Å²) in [6, 6.07) is -0.671. The minimum absolute atomic E-state index is 0.0668. The Hall–Kier alpha value is -2.51. The quantitative estimate of drug-likeness (QED) is 0.621. The van der Waals surface area contributed by atoms with Crippen LogP contribution in [0, 0.1) is 6.92 Å². The molecule has 8 nitrogen and oxygen atoms in total. The molecule has 1 aromatic rings. The number of hydrogen-bond donors (Lipinski definition) is 1. The Morgan fingerprint density at radius 3 is 2.76 bits per heavy atom. The maximum absolute atomic E-state index is 11.8. The third-order valence-electron chi connectivity index (χ3n) is 3.16. The number of imide groups is 1. The topological polar surface area (TPSA) is 101 Å². The van der Waals surface area contributed by atoms with Gasteiger partial charge in [0.1, 0.15) is 6.04 Å². The van der Waals surface area contributed by atoms with Gasteiger partial charge in [-0.05, 0) is 13.8 Å². The minimum Gasteiger partial charge on any atom is -0.462 e. The van der Waals surface area contributed by atoms with Gasteiger partial charge < -0.3 is 10.1 Å². The van der Waals surface area contributed by atoms with Crippen LogP contribution in [0.2, 0.25) is 0 Å². The molecule has 8 heteroatoms. The van der Waals surface area contributed by atoms with Crippen LogP contribution in [0.1, 0.15) is 29.4 Å². The molecule has 1 atom stereocenters. The monoisotopic (exact) mass is 292 g/mol. The zero-order valence-electron chi connectivity index (χ0n) is 12.0. The van der Waals surface area contributed by atoms with E-state index in [1.807, 2.05) is 0 Å². The van der Waals surface area contributed by atoms with E-state index in [0.29, 0.717) is 5.69 Å².